The average Bonchev–Trinajstić information content (AvgIpc) is 3.31. The van der Waals surface area contributed by atoms with Gasteiger partial charge in [-0.05, 0) is 70.5 Å². The van der Waals surface area contributed by atoms with Crippen LogP contribution in [0.3, 0.4) is 0 Å². The fourth-order valence-corrected chi connectivity index (χ4v) is 3.94. The highest BCUT2D eigenvalue weighted by Crippen LogP contribution is 2.33. The first-order valence-corrected chi connectivity index (χ1v) is 10.00. The van der Waals surface area contributed by atoms with Gasteiger partial charge in [0.1, 0.15) is 12.4 Å². The molecule has 0 N–H and O–H groups in total. The number of carbonyl (C=O) groups excluding carboxylic acids is 1. The first-order chi connectivity index (χ1) is 14.3. The third kappa shape index (κ3) is 4.24. The number of esters is 1. The molecule has 5 rings (SSSR count). The summed E-state index contributed by atoms with van der Waals surface area (Å²) in [6.07, 6.45) is 7.86. The molecule has 1 aromatic heterocycles. The van der Waals surface area contributed by atoms with E-state index in [1.54, 1.807) is 23.3 Å². The summed E-state index contributed by atoms with van der Waals surface area (Å²) in [4.78, 5) is 10.5. The molecule has 0 unspecified atom stereocenters. The van der Waals surface area contributed by atoms with Crippen molar-refractivity contribution in [3.63, 3.8) is 0 Å². The Kier molecular flexibility index (Phi) is 5.76. The molecule has 146 valence electrons. The van der Waals surface area contributed by atoms with Gasteiger partial charge >= 0.3 is 5.97 Å². The van der Waals surface area contributed by atoms with Crippen LogP contribution in [0.4, 0.5) is 0 Å². The molecule has 0 aliphatic heterocycles. The fraction of sp³-hybridized carbons (Fsp3) is 0.192. The lowest BCUT2D eigenvalue weighted by Gasteiger charge is -2.18. The largest absolute Gasteiger partial charge is 0.466 e. The summed E-state index contributed by atoms with van der Waals surface area (Å²) in [6.45, 7) is 3.42. The zero-order valence-electron chi connectivity index (χ0n) is 16.4. The van der Waals surface area contributed by atoms with Crippen LogP contribution in [0.25, 0.3) is 21.5 Å². The highest BCUT2D eigenvalue weighted by molar-refractivity contribution is 6.08. The van der Waals surface area contributed by atoms with Crippen LogP contribution in [-0.4, -0.2) is 5.97 Å². The maximum Gasteiger partial charge on any atom is 0.330 e. The van der Waals surface area contributed by atoms with Gasteiger partial charge < -0.3 is 9.15 Å². The summed E-state index contributed by atoms with van der Waals surface area (Å²) in [5, 5.41) is 5.64. The van der Waals surface area contributed by atoms with Crippen LogP contribution in [-0.2, 0) is 29.0 Å². The van der Waals surface area contributed by atoms with E-state index < -0.39 is 5.97 Å². The second kappa shape index (κ2) is 8.78. The number of rotatable bonds is 3. The number of ether oxygens (including phenoxy) is 1. The van der Waals surface area contributed by atoms with Gasteiger partial charge in [0.05, 0.1) is 6.26 Å². The predicted octanol–water partition coefficient (Wildman–Crippen LogP) is 6.38. The van der Waals surface area contributed by atoms with Crippen molar-refractivity contribution in [3.8, 4) is 0 Å². The number of furan rings is 1. The minimum Gasteiger partial charge on any atom is -0.466 e. The minimum absolute atomic E-state index is 0.165. The highest BCUT2D eigenvalue weighted by atomic mass is 16.5. The van der Waals surface area contributed by atoms with E-state index in [4.69, 9.17) is 4.42 Å². The first-order valence-electron chi connectivity index (χ1n) is 10.00. The second-order valence-corrected chi connectivity index (χ2v) is 7.18. The lowest BCUT2D eigenvalue weighted by Crippen LogP contribution is -2.02. The molecule has 4 aromatic rings. The first kappa shape index (κ1) is 19.0. The van der Waals surface area contributed by atoms with E-state index in [1.807, 2.05) is 0 Å². The Morgan fingerprint density at radius 2 is 1.76 bits per heavy atom. The number of benzene rings is 3. The predicted molar refractivity (Wildman–Crippen MR) is 117 cm³/mol. The van der Waals surface area contributed by atoms with Crippen LogP contribution in [0, 0.1) is 0 Å². The Bertz CT molecular complexity index is 1140. The summed E-state index contributed by atoms with van der Waals surface area (Å²) in [6, 6.07) is 21.4. The van der Waals surface area contributed by atoms with Crippen molar-refractivity contribution in [1.82, 2.24) is 0 Å². The fourth-order valence-electron chi connectivity index (χ4n) is 3.94. The number of fused-ring (bicyclic) bond motifs is 5. The SMILES string of the molecule is C=CC(=O)OCc1ccco1.c1ccc2c(c1)ccc1c3c(ccc12)CCCC3. The van der Waals surface area contributed by atoms with Crippen LogP contribution in [0.5, 0.6) is 0 Å². The number of hydrogen-bond donors (Lipinski definition) is 0. The summed E-state index contributed by atoms with van der Waals surface area (Å²) in [5.74, 6) is 0.182. The lowest BCUT2D eigenvalue weighted by atomic mass is 9.86. The van der Waals surface area contributed by atoms with E-state index in [0.717, 1.165) is 6.08 Å². The van der Waals surface area contributed by atoms with E-state index in [0.29, 0.717) is 5.76 Å². The van der Waals surface area contributed by atoms with Crippen LogP contribution in [0.15, 0.2) is 84.0 Å². The van der Waals surface area contributed by atoms with Gasteiger partial charge in [-0.3, -0.25) is 0 Å². The topological polar surface area (TPSA) is 39.4 Å². The van der Waals surface area contributed by atoms with Crippen molar-refractivity contribution >= 4 is 27.5 Å². The van der Waals surface area contributed by atoms with Gasteiger partial charge in [0.2, 0.25) is 0 Å². The highest BCUT2D eigenvalue weighted by Gasteiger charge is 2.13. The molecule has 0 saturated carbocycles. The Hall–Kier alpha value is -3.33. The van der Waals surface area contributed by atoms with Crippen LogP contribution in [0.2, 0.25) is 0 Å². The Morgan fingerprint density at radius 3 is 2.59 bits per heavy atom. The van der Waals surface area contributed by atoms with Crippen molar-refractivity contribution in [1.29, 1.82) is 0 Å². The third-order valence-electron chi connectivity index (χ3n) is 5.36. The second-order valence-electron chi connectivity index (χ2n) is 7.18. The molecule has 0 fully saturated rings. The van der Waals surface area contributed by atoms with Crippen molar-refractivity contribution in [3.05, 3.63) is 96.5 Å². The smallest absolute Gasteiger partial charge is 0.330 e. The summed E-state index contributed by atoms with van der Waals surface area (Å²) in [7, 11) is 0. The maximum atomic E-state index is 10.5. The maximum absolute atomic E-state index is 10.5. The molecule has 1 aliphatic rings. The molecule has 29 heavy (non-hydrogen) atoms. The van der Waals surface area contributed by atoms with E-state index in [2.05, 4.69) is 59.8 Å². The van der Waals surface area contributed by atoms with E-state index in [9.17, 15) is 4.79 Å². The third-order valence-corrected chi connectivity index (χ3v) is 5.36. The minimum atomic E-state index is -0.443. The monoisotopic (exact) mass is 384 g/mol. The van der Waals surface area contributed by atoms with E-state index in [1.165, 1.54) is 53.5 Å². The van der Waals surface area contributed by atoms with Gasteiger partial charge in [0.25, 0.3) is 0 Å². The molecule has 3 aromatic carbocycles. The molecule has 0 bridgehead atoms. The van der Waals surface area contributed by atoms with Gasteiger partial charge in [-0.1, -0.05) is 55.1 Å². The Morgan fingerprint density at radius 1 is 0.931 bits per heavy atom. The number of hydrogen-bond acceptors (Lipinski definition) is 3. The Labute approximate surface area is 170 Å². The molecular weight excluding hydrogens is 360 g/mol. The zero-order valence-corrected chi connectivity index (χ0v) is 16.4. The van der Waals surface area contributed by atoms with Crippen molar-refractivity contribution in [2.24, 2.45) is 0 Å². The molecule has 0 radical (unpaired) electrons. The molecule has 3 nitrogen and oxygen atoms in total. The van der Waals surface area contributed by atoms with Crippen molar-refractivity contribution in [2.75, 3.05) is 0 Å². The van der Waals surface area contributed by atoms with Gasteiger partial charge in [-0.25, -0.2) is 4.79 Å². The standard InChI is InChI=1S/C18H16.C8H8O3/c1-3-7-15-13(5-1)9-11-18-16-8-4-2-6-14(16)10-12-17(15)18;1-2-8(9)11-6-7-4-3-5-10-7/h1,3,5,7,9-12H,2,4,6,8H2;2-5H,1,6H2. The normalized spacial score (nSPS) is 12.7. The summed E-state index contributed by atoms with van der Waals surface area (Å²) < 4.78 is 9.60. The molecule has 0 atom stereocenters. The van der Waals surface area contributed by atoms with E-state index in [-0.39, 0.29) is 6.61 Å². The van der Waals surface area contributed by atoms with Crippen molar-refractivity contribution < 1.29 is 13.9 Å². The van der Waals surface area contributed by atoms with Crippen LogP contribution in [0.1, 0.15) is 29.7 Å². The summed E-state index contributed by atoms with van der Waals surface area (Å²) in [5.41, 5.74) is 3.17. The number of aryl methyl sites for hydroxylation is 2. The molecule has 0 saturated heterocycles. The van der Waals surface area contributed by atoms with Gasteiger partial charge in [0.15, 0.2) is 0 Å². The lowest BCUT2D eigenvalue weighted by molar-refractivity contribution is -0.139. The molecule has 0 spiro atoms. The van der Waals surface area contributed by atoms with Gasteiger partial charge in [-0.15, -0.1) is 0 Å². The van der Waals surface area contributed by atoms with Crippen molar-refractivity contribution in [2.45, 2.75) is 32.3 Å². The Balaban J connectivity index is 0.000000161. The van der Waals surface area contributed by atoms with Gasteiger partial charge in [0, 0.05) is 6.08 Å². The van der Waals surface area contributed by atoms with Gasteiger partial charge in [-0.2, -0.15) is 0 Å². The molecule has 1 heterocycles. The molecule has 0 amide bonds. The molecular formula is C26H24O3. The quantitative estimate of drug-likeness (QED) is 0.234. The molecule has 3 heteroatoms. The summed E-state index contributed by atoms with van der Waals surface area (Å²) >= 11 is 0. The average molecular weight is 384 g/mol. The van der Waals surface area contributed by atoms with E-state index >= 15 is 0 Å². The van der Waals surface area contributed by atoms with Crippen LogP contribution < -0.4 is 0 Å². The zero-order chi connectivity index (χ0) is 20.1. The number of carbonyl (C=O) groups is 1. The van der Waals surface area contributed by atoms with Crippen LogP contribution >= 0.6 is 0 Å². The molecule has 1 aliphatic carbocycles.